The van der Waals surface area contributed by atoms with E-state index < -0.39 is 10.0 Å². The van der Waals surface area contributed by atoms with E-state index in [0.717, 1.165) is 56.6 Å². The predicted molar refractivity (Wildman–Crippen MR) is 125 cm³/mol. The molecule has 172 valence electrons. The maximum absolute atomic E-state index is 13.2. The molecule has 0 aliphatic carbocycles. The average molecular weight is 458 g/mol. The number of nitrogens with one attached hydrogen (secondary N) is 1. The van der Waals surface area contributed by atoms with Crippen molar-refractivity contribution in [1.82, 2.24) is 9.62 Å². The fourth-order valence-corrected chi connectivity index (χ4v) is 6.17. The van der Waals surface area contributed by atoms with Crippen LogP contribution in [-0.2, 0) is 10.0 Å². The lowest BCUT2D eigenvalue weighted by atomic mass is 10.0. The van der Waals surface area contributed by atoms with E-state index in [2.05, 4.69) is 10.2 Å². The van der Waals surface area contributed by atoms with Gasteiger partial charge in [-0.1, -0.05) is 18.6 Å². The van der Waals surface area contributed by atoms with Gasteiger partial charge in [-0.05, 0) is 62.1 Å². The van der Waals surface area contributed by atoms with E-state index in [1.54, 1.807) is 31.4 Å². The zero-order valence-electron chi connectivity index (χ0n) is 18.5. The molecule has 0 bridgehead atoms. The second-order valence-electron chi connectivity index (χ2n) is 8.39. The highest BCUT2D eigenvalue weighted by atomic mass is 32.2. The van der Waals surface area contributed by atoms with E-state index in [4.69, 9.17) is 4.74 Å². The van der Waals surface area contributed by atoms with Crippen molar-refractivity contribution < 1.29 is 17.9 Å². The molecule has 0 aromatic heterocycles. The number of carbonyl (C=O) groups is 1. The monoisotopic (exact) mass is 457 g/mol. The van der Waals surface area contributed by atoms with Crippen molar-refractivity contribution in [2.24, 2.45) is 0 Å². The molecule has 0 saturated carbocycles. The summed E-state index contributed by atoms with van der Waals surface area (Å²) in [5.41, 5.74) is 1.37. The minimum atomic E-state index is -3.68. The number of hydrogen-bond donors (Lipinski definition) is 1. The minimum Gasteiger partial charge on any atom is -0.497 e. The smallest absolute Gasteiger partial charge is 0.252 e. The first-order chi connectivity index (χ1) is 15.5. The molecule has 0 unspecified atom stereocenters. The molecule has 1 amide bonds. The third-order valence-corrected chi connectivity index (χ3v) is 8.29. The molecule has 8 heteroatoms. The summed E-state index contributed by atoms with van der Waals surface area (Å²) in [6, 6.07) is 14.6. The Morgan fingerprint density at radius 1 is 0.938 bits per heavy atom. The van der Waals surface area contributed by atoms with E-state index in [-0.39, 0.29) is 22.4 Å². The molecule has 2 aromatic carbocycles. The topological polar surface area (TPSA) is 79.0 Å². The second kappa shape index (κ2) is 9.92. The number of ether oxygens (including phenoxy) is 1. The van der Waals surface area contributed by atoms with Gasteiger partial charge in [0.1, 0.15) is 5.75 Å². The predicted octanol–water partition coefficient (Wildman–Crippen LogP) is 3.27. The number of nitrogens with zero attached hydrogens (tertiary/aromatic N) is 2. The lowest BCUT2D eigenvalue weighted by Crippen LogP contribution is -2.45. The Bertz CT molecular complexity index is 1030. The van der Waals surface area contributed by atoms with Crippen LogP contribution in [0.2, 0.25) is 0 Å². The third kappa shape index (κ3) is 4.91. The number of anilines is 1. The Hall–Kier alpha value is -2.58. The Kier molecular flexibility index (Phi) is 7.01. The fraction of sp³-hybridized carbons (Fsp3) is 0.458. The van der Waals surface area contributed by atoms with Crippen LogP contribution in [0.3, 0.4) is 0 Å². The fourth-order valence-electron chi connectivity index (χ4n) is 4.46. The summed E-state index contributed by atoms with van der Waals surface area (Å²) in [4.78, 5) is 15.5. The quantitative estimate of drug-likeness (QED) is 0.720. The van der Waals surface area contributed by atoms with E-state index >= 15 is 0 Å². The molecule has 2 heterocycles. The first-order valence-electron chi connectivity index (χ1n) is 11.3. The Labute approximate surface area is 190 Å². The van der Waals surface area contributed by atoms with E-state index in [9.17, 15) is 13.2 Å². The van der Waals surface area contributed by atoms with Crippen LogP contribution in [-0.4, -0.2) is 58.0 Å². The van der Waals surface area contributed by atoms with Crippen molar-refractivity contribution in [3.8, 4) is 5.75 Å². The number of amides is 1. The van der Waals surface area contributed by atoms with Crippen LogP contribution >= 0.6 is 0 Å². The summed E-state index contributed by atoms with van der Waals surface area (Å²) in [5, 5.41) is 3.07. The maximum atomic E-state index is 13.2. The van der Waals surface area contributed by atoms with Crippen LogP contribution in [0.4, 0.5) is 5.69 Å². The van der Waals surface area contributed by atoms with Crippen LogP contribution in [0.15, 0.2) is 53.4 Å². The zero-order valence-corrected chi connectivity index (χ0v) is 19.3. The number of carbonyl (C=O) groups excluding carboxylic acids is 1. The molecule has 2 aliphatic heterocycles. The molecule has 32 heavy (non-hydrogen) atoms. The molecule has 1 N–H and O–H groups in total. The number of benzene rings is 2. The third-order valence-electron chi connectivity index (χ3n) is 6.33. The van der Waals surface area contributed by atoms with Crippen molar-refractivity contribution in [2.75, 3.05) is 38.2 Å². The summed E-state index contributed by atoms with van der Waals surface area (Å²) < 4.78 is 33.1. The van der Waals surface area contributed by atoms with Gasteiger partial charge < -0.3 is 15.0 Å². The van der Waals surface area contributed by atoms with Gasteiger partial charge in [0, 0.05) is 37.9 Å². The Morgan fingerprint density at radius 3 is 2.25 bits per heavy atom. The normalized spacial score (nSPS) is 18.3. The maximum Gasteiger partial charge on any atom is 0.252 e. The van der Waals surface area contributed by atoms with Gasteiger partial charge in [-0.25, -0.2) is 8.42 Å². The Morgan fingerprint density at radius 2 is 1.59 bits per heavy atom. The van der Waals surface area contributed by atoms with Gasteiger partial charge in [0.15, 0.2) is 0 Å². The minimum absolute atomic E-state index is 0.0164. The van der Waals surface area contributed by atoms with Crippen molar-refractivity contribution in [3.05, 3.63) is 54.1 Å². The molecule has 2 fully saturated rings. The number of sulfonamides is 1. The lowest BCUT2D eigenvalue weighted by Gasteiger charge is -2.34. The molecule has 2 aliphatic rings. The van der Waals surface area contributed by atoms with E-state index in [0.29, 0.717) is 13.1 Å². The standard InChI is InChI=1S/C24H31N3O4S/c1-31-21-11-9-20(10-12-21)26-17-13-19(14-18-26)25-24(28)22-7-3-4-8-23(22)32(29,30)27-15-5-2-6-16-27/h3-4,7-12,19H,2,5-6,13-18H2,1H3,(H,25,28). The van der Waals surface area contributed by atoms with Crippen molar-refractivity contribution in [2.45, 2.75) is 43.0 Å². The van der Waals surface area contributed by atoms with Gasteiger partial charge >= 0.3 is 0 Å². The summed E-state index contributed by atoms with van der Waals surface area (Å²) in [6.07, 6.45) is 4.38. The molecule has 2 saturated heterocycles. The molecule has 4 rings (SSSR count). The average Bonchev–Trinajstić information content (AvgIpc) is 2.85. The van der Waals surface area contributed by atoms with Crippen LogP contribution in [0.25, 0.3) is 0 Å². The molecular weight excluding hydrogens is 426 g/mol. The molecule has 0 radical (unpaired) electrons. The number of hydrogen-bond acceptors (Lipinski definition) is 5. The van der Waals surface area contributed by atoms with Crippen LogP contribution < -0.4 is 15.0 Å². The highest BCUT2D eigenvalue weighted by Gasteiger charge is 2.30. The Balaban J connectivity index is 1.41. The molecule has 0 atom stereocenters. The first-order valence-corrected chi connectivity index (χ1v) is 12.7. The molecule has 7 nitrogen and oxygen atoms in total. The molecular formula is C24H31N3O4S. The molecule has 0 spiro atoms. The highest BCUT2D eigenvalue weighted by molar-refractivity contribution is 7.89. The summed E-state index contributed by atoms with van der Waals surface area (Å²) >= 11 is 0. The van der Waals surface area contributed by atoms with Gasteiger partial charge in [-0.2, -0.15) is 4.31 Å². The van der Waals surface area contributed by atoms with Crippen LogP contribution in [0.1, 0.15) is 42.5 Å². The van der Waals surface area contributed by atoms with Gasteiger partial charge in [-0.3, -0.25) is 4.79 Å². The van der Waals surface area contributed by atoms with Crippen LogP contribution in [0.5, 0.6) is 5.75 Å². The van der Waals surface area contributed by atoms with Crippen LogP contribution in [0, 0.1) is 0 Å². The first kappa shape index (κ1) is 22.6. The largest absolute Gasteiger partial charge is 0.497 e. The van der Waals surface area contributed by atoms with Gasteiger partial charge in [0.2, 0.25) is 10.0 Å². The molecule has 2 aromatic rings. The van der Waals surface area contributed by atoms with Gasteiger partial charge in [0.25, 0.3) is 5.91 Å². The summed E-state index contributed by atoms with van der Waals surface area (Å²) in [7, 11) is -2.02. The number of methoxy groups -OCH3 is 1. The SMILES string of the molecule is COc1ccc(N2CCC(NC(=O)c3ccccc3S(=O)(=O)N3CCCCC3)CC2)cc1. The van der Waals surface area contributed by atoms with Crippen molar-refractivity contribution in [1.29, 1.82) is 0 Å². The van der Waals surface area contributed by atoms with E-state index in [1.807, 2.05) is 24.3 Å². The van der Waals surface area contributed by atoms with Crippen molar-refractivity contribution >= 4 is 21.6 Å². The van der Waals surface area contributed by atoms with E-state index in [1.165, 1.54) is 4.31 Å². The second-order valence-corrected chi connectivity index (χ2v) is 10.3. The van der Waals surface area contributed by atoms with Gasteiger partial charge in [-0.15, -0.1) is 0 Å². The van der Waals surface area contributed by atoms with Crippen molar-refractivity contribution in [3.63, 3.8) is 0 Å². The summed E-state index contributed by atoms with van der Waals surface area (Å²) in [6.45, 7) is 2.68. The summed E-state index contributed by atoms with van der Waals surface area (Å²) in [5.74, 6) is 0.512. The lowest BCUT2D eigenvalue weighted by molar-refractivity contribution is 0.0927. The van der Waals surface area contributed by atoms with Gasteiger partial charge in [0.05, 0.1) is 17.6 Å². The number of rotatable bonds is 6. The number of piperidine rings is 2. The highest BCUT2D eigenvalue weighted by Crippen LogP contribution is 2.25. The zero-order chi connectivity index (χ0) is 22.6.